The molecule has 0 aromatic carbocycles. The van der Waals surface area contributed by atoms with Crippen LogP contribution < -0.4 is 0 Å². The smallest absolute Gasteiger partial charge is 0 e. The Hall–Kier alpha value is 1.83. The molecule has 0 bridgehead atoms. The molecule has 0 aliphatic heterocycles. The summed E-state index contributed by atoms with van der Waals surface area (Å²) in [7, 11) is 0. The van der Waals surface area contributed by atoms with E-state index in [2.05, 4.69) is 0 Å². The van der Waals surface area contributed by atoms with E-state index in [1.165, 1.54) is 0 Å². The predicted molar refractivity (Wildman–Crippen MR) is 5.75 cm³/mol. The molecular formula is BCrNbNi. The van der Waals surface area contributed by atoms with E-state index in [4.69, 9.17) is 0 Å². The molecule has 0 spiro atoms. The molecule has 0 heterocycles. The van der Waals surface area contributed by atoms with Gasteiger partial charge in [0.2, 0.25) is 0 Å². The van der Waals surface area contributed by atoms with E-state index >= 15 is 0 Å². The third kappa shape index (κ3) is 9.16. The van der Waals surface area contributed by atoms with Crippen LogP contribution in [0.3, 0.4) is 0 Å². The molecule has 0 unspecified atom stereocenters. The summed E-state index contributed by atoms with van der Waals surface area (Å²) in [5, 5.41) is 0. The third-order valence-corrected chi connectivity index (χ3v) is 0. The van der Waals surface area contributed by atoms with E-state index in [0.29, 0.717) is 0 Å². The molecule has 0 rings (SSSR count). The van der Waals surface area contributed by atoms with Gasteiger partial charge < -0.3 is 0 Å². The first-order chi connectivity index (χ1) is 0. The summed E-state index contributed by atoms with van der Waals surface area (Å²) in [6.45, 7) is 0. The van der Waals surface area contributed by atoms with Crippen LogP contribution in [0.5, 0.6) is 0 Å². The van der Waals surface area contributed by atoms with E-state index in [-0.39, 0.29) is 64.6 Å². The standard InChI is InChI=1S/B.Cr.Nb.Ni. The third-order valence-electron chi connectivity index (χ3n) is 0. The maximum absolute atomic E-state index is 0. The first-order valence-electron chi connectivity index (χ1n) is 0. The van der Waals surface area contributed by atoms with E-state index in [1.807, 2.05) is 0 Å². The summed E-state index contributed by atoms with van der Waals surface area (Å²) in [6.07, 6.45) is 0. The van der Waals surface area contributed by atoms with Crippen molar-refractivity contribution in [2.45, 2.75) is 0 Å². The Morgan fingerprint density at radius 1 is 1.00 bits per heavy atom. The minimum atomic E-state index is 0. The first kappa shape index (κ1) is 40.6. The van der Waals surface area contributed by atoms with Gasteiger partial charge in [0, 0.05) is 64.6 Å². The first-order valence-corrected chi connectivity index (χ1v) is 0. The van der Waals surface area contributed by atoms with Crippen LogP contribution in [0.15, 0.2) is 0 Å². The summed E-state index contributed by atoms with van der Waals surface area (Å²) in [5.41, 5.74) is 0. The topological polar surface area (TPSA) is 0 Å². The molecule has 4 radical (unpaired) electrons. The van der Waals surface area contributed by atoms with Gasteiger partial charge in [-0.2, -0.15) is 0 Å². The zero-order chi connectivity index (χ0) is 0. The minimum Gasteiger partial charge on any atom is 0 e. The van der Waals surface area contributed by atoms with Crippen molar-refractivity contribution < 1.29 is 56.2 Å². The fourth-order valence-electron chi connectivity index (χ4n) is 0. The summed E-state index contributed by atoms with van der Waals surface area (Å²) in [5.74, 6) is 0. The van der Waals surface area contributed by atoms with Crippen LogP contribution in [0, 0.1) is 0 Å². The van der Waals surface area contributed by atoms with Crippen LogP contribution in [0.25, 0.3) is 0 Å². The van der Waals surface area contributed by atoms with Crippen LogP contribution in [-0.2, 0) is 56.2 Å². The Balaban J connectivity index is 0. The Bertz CT molecular complexity index is 8.00. The molecule has 0 aliphatic carbocycles. The zero-order valence-electron chi connectivity index (χ0n) is 1.75. The molecule has 24 valence electrons. The van der Waals surface area contributed by atoms with E-state index in [9.17, 15) is 0 Å². The van der Waals surface area contributed by atoms with Crippen molar-refractivity contribution in [1.29, 1.82) is 0 Å². The largest absolute Gasteiger partial charge is 0 e. The number of hydrogen-bond acceptors (Lipinski definition) is 0. The Morgan fingerprint density at radius 2 is 1.00 bits per heavy atom. The van der Waals surface area contributed by atoms with Crippen molar-refractivity contribution in [1.82, 2.24) is 0 Å². The van der Waals surface area contributed by atoms with Gasteiger partial charge in [-0.3, -0.25) is 0 Å². The summed E-state index contributed by atoms with van der Waals surface area (Å²) in [4.78, 5) is 0. The second-order valence-electron chi connectivity index (χ2n) is 0. The Labute approximate surface area is 64.2 Å². The van der Waals surface area contributed by atoms with Gasteiger partial charge in [0.1, 0.15) is 0 Å². The molecule has 4 heavy (non-hydrogen) atoms. The van der Waals surface area contributed by atoms with Crippen LogP contribution in [-0.4, -0.2) is 8.41 Å². The van der Waals surface area contributed by atoms with Gasteiger partial charge in [0.05, 0.1) is 0 Å². The molecule has 0 N–H and O–H groups in total. The SMILES string of the molecule is [B].[Cr].[Nb].[Ni]. The van der Waals surface area contributed by atoms with Gasteiger partial charge in [0.25, 0.3) is 0 Å². The van der Waals surface area contributed by atoms with Crippen LogP contribution in [0.1, 0.15) is 0 Å². The monoisotopic (exact) mass is 214 g/mol. The average Bonchev–Trinajstić information content (AvgIpc) is 0. The fourth-order valence-corrected chi connectivity index (χ4v) is 0. The molecule has 0 nitrogen and oxygen atoms in total. The second-order valence-corrected chi connectivity index (χ2v) is 0. The van der Waals surface area contributed by atoms with Gasteiger partial charge in [-0.05, 0) is 0 Å². The molecule has 4 heteroatoms. The second kappa shape index (κ2) is 21.1. The Kier molecular flexibility index (Phi) is 215. The van der Waals surface area contributed by atoms with Gasteiger partial charge >= 0.3 is 0 Å². The van der Waals surface area contributed by atoms with Crippen molar-refractivity contribution in [3.05, 3.63) is 0 Å². The number of rotatable bonds is 0. The molecule has 0 saturated heterocycles. The van der Waals surface area contributed by atoms with Gasteiger partial charge in [-0.15, -0.1) is 0 Å². The molecule has 0 amide bonds. The van der Waals surface area contributed by atoms with Crippen molar-refractivity contribution in [2.75, 3.05) is 0 Å². The predicted octanol–water partition coefficient (Wildman–Crippen LogP) is -0.388. The molecule has 0 atom stereocenters. The molecule has 0 fully saturated rings. The maximum atomic E-state index is 0. The quantitative estimate of drug-likeness (QED) is 0.482. The van der Waals surface area contributed by atoms with Crippen molar-refractivity contribution in [3.63, 3.8) is 0 Å². The van der Waals surface area contributed by atoms with Gasteiger partial charge in [-0.1, -0.05) is 0 Å². The van der Waals surface area contributed by atoms with E-state index in [0.717, 1.165) is 0 Å². The fraction of sp³-hybridized carbons (Fsp3) is 0. The molecule has 0 aromatic heterocycles. The molecule has 0 saturated carbocycles. The molecule has 0 aliphatic rings. The zero-order valence-corrected chi connectivity index (χ0v) is 6.21. The van der Waals surface area contributed by atoms with Crippen LogP contribution in [0.4, 0.5) is 0 Å². The molecule has 0 aromatic rings. The van der Waals surface area contributed by atoms with Crippen molar-refractivity contribution in [2.24, 2.45) is 0 Å². The summed E-state index contributed by atoms with van der Waals surface area (Å²) in [6, 6.07) is 0. The van der Waals surface area contributed by atoms with Crippen molar-refractivity contribution >= 4 is 8.41 Å². The van der Waals surface area contributed by atoms with E-state index in [1.54, 1.807) is 0 Å². The van der Waals surface area contributed by atoms with Crippen LogP contribution >= 0.6 is 0 Å². The van der Waals surface area contributed by atoms with Gasteiger partial charge in [-0.25, -0.2) is 0 Å². The van der Waals surface area contributed by atoms with Crippen molar-refractivity contribution in [3.8, 4) is 0 Å². The summed E-state index contributed by atoms with van der Waals surface area (Å²) < 4.78 is 0. The average molecular weight is 214 g/mol. The minimum absolute atomic E-state index is 0. The Morgan fingerprint density at radius 3 is 1.00 bits per heavy atom. The normalized spacial score (nSPS) is 0. The summed E-state index contributed by atoms with van der Waals surface area (Å²) >= 11 is 0. The van der Waals surface area contributed by atoms with E-state index < -0.39 is 0 Å². The number of hydrogen-bond donors (Lipinski definition) is 0. The van der Waals surface area contributed by atoms with Gasteiger partial charge in [0.15, 0.2) is 0 Å². The molecular weight excluding hydrogens is 214 g/mol. The van der Waals surface area contributed by atoms with Crippen LogP contribution in [0.2, 0.25) is 0 Å². The maximum Gasteiger partial charge on any atom is 0 e.